The first-order valence-corrected chi connectivity index (χ1v) is 8.94. The molecule has 3 rings (SSSR count). The molecule has 0 N–H and O–H groups in total. The van der Waals surface area contributed by atoms with Gasteiger partial charge in [-0.15, -0.1) is 0 Å². The van der Waals surface area contributed by atoms with Gasteiger partial charge >= 0.3 is 0 Å². The average Bonchev–Trinajstić information content (AvgIpc) is 2.66. The Morgan fingerprint density at radius 1 is 0.920 bits per heavy atom. The third-order valence-corrected chi connectivity index (χ3v) is 4.80. The van der Waals surface area contributed by atoms with Crippen molar-refractivity contribution in [3.05, 3.63) is 71.8 Å². The third-order valence-electron chi connectivity index (χ3n) is 4.80. The summed E-state index contributed by atoms with van der Waals surface area (Å²) in [6, 6.07) is 21.6. The van der Waals surface area contributed by atoms with Crippen LogP contribution < -0.4 is 0 Å². The molecule has 1 saturated heterocycles. The van der Waals surface area contributed by atoms with Crippen molar-refractivity contribution >= 4 is 6.47 Å². The monoisotopic (exact) mass is 338 g/mol. The summed E-state index contributed by atoms with van der Waals surface area (Å²) in [4.78, 5) is 15.5. The standard InChI is InChI=1S/C21H26N2O2/c24-18-25-14-11-21-17-22(15-19-7-3-1-4-8-19)12-13-23(21)16-20-9-5-2-6-10-20/h1-10,18,21H,11-17H2. The molecule has 0 aliphatic carbocycles. The van der Waals surface area contributed by atoms with Gasteiger partial charge in [-0.1, -0.05) is 60.7 Å². The van der Waals surface area contributed by atoms with Crippen LogP contribution in [-0.4, -0.2) is 48.6 Å². The normalized spacial score (nSPS) is 18.8. The number of hydrogen-bond acceptors (Lipinski definition) is 4. The second-order valence-corrected chi connectivity index (χ2v) is 6.59. The highest BCUT2D eigenvalue weighted by Crippen LogP contribution is 2.18. The van der Waals surface area contributed by atoms with Crippen LogP contribution in [0.5, 0.6) is 0 Å². The van der Waals surface area contributed by atoms with Crippen LogP contribution in [0, 0.1) is 0 Å². The molecular formula is C21H26N2O2. The SMILES string of the molecule is O=COCCC1CN(Cc2ccccc2)CCN1Cc1ccccc1. The molecule has 4 heteroatoms. The Morgan fingerprint density at radius 2 is 1.56 bits per heavy atom. The van der Waals surface area contributed by atoms with Crippen molar-refractivity contribution in [2.24, 2.45) is 0 Å². The van der Waals surface area contributed by atoms with Gasteiger partial charge in [0.25, 0.3) is 6.47 Å². The minimum absolute atomic E-state index is 0.401. The van der Waals surface area contributed by atoms with Crippen molar-refractivity contribution in [3.8, 4) is 0 Å². The molecule has 1 unspecified atom stereocenters. The minimum Gasteiger partial charge on any atom is -0.468 e. The first-order chi connectivity index (χ1) is 12.3. The molecule has 1 aliphatic rings. The molecule has 2 aromatic carbocycles. The molecule has 1 atom stereocenters. The van der Waals surface area contributed by atoms with Crippen molar-refractivity contribution in [2.75, 3.05) is 26.2 Å². The summed E-state index contributed by atoms with van der Waals surface area (Å²) >= 11 is 0. The summed E-state index contributed by atoms with van der Waals surface area (Å²) in [6.45, 7) is 6.06. The van der Waals surface area contributed by atoms with Gasteiger partial charge in [0.2, 0.25) is 0 Å². The Hall–Kier alpha value is -2.17. The lowest BCUT2D eigenvalue weighted by molar-refractivity contribution is -0.129. The maximum atomic E-state index is 10.5. The zero-order chi connectivity index (χ0) is 17.3. The largest absolute Gasteiger partial charge is 0.468 e. The van der Waals surface area contributed by atoms with E-state index in [4.69, 9.17) is 4.74 Å². The van der Waals surface area contributed by atoms with E-state index in [0.29, 0.717) is 19.1 Å². The van der Waals surface area contributed by atoms with Crippen LogP contribution in [-0.2, 0) is 22.6 Å². The van der Waals surface area contributed by atoms with Crippen molar-refractivity contribution in [3.63, 3.8) is 0 Å². The lowest BCUT2D eigenvalue weighted by Crippen LogP contribution is -2.52. The molecule has 0 radical (unpaired) electrons. The summed E-state index contributed by atoms with van der Waals surface area (Å²) in [7, 11) is 0. The smallest absolute Gasteiger partial charge is 0.293 e. The van der Waals surface area contributed by atoms with E-state index in [9.17, 15) is 4.79 Å². The molecule has 0 amide bonds. The maximum absolute atomic E-state index is 10.5. The van der Waals surface area contributed by atoms with Crippen molar-refractivity contribution in [1.29, 1.82) is 0 Å². The van der Waals surface area contributed by atoms with Crippen LogP contribution >= 0.6 is 0 Å². The van der Waals surface area contributed by atoms with E-state index in [-0.39, 0.29) is 0 Å². The minimum atomic E-state index is 0.401. The van der Waals surface area contributed by atoms with E-state index in [1.807, 2.05) is 0 Å². The van der Waals surface area contributed by atoms with Gasteiger partial charge in [-0.25, -0.2) is 0 Å². The number of nitrogens with zero attached hydrogens (tertiary/aromatic N) is 2. The van der Waals surface area contributed by atoms with Crippen LogP contribution in [0.2, 0.25) is 0 Å². The zero-order valence-electron chi connectivity index (χ0n) is 14.6. The fourth-order valence-electron chi connectivity index (χ4n) is 3.49. The van der Waals surface area contributed by atoms with Crippen LogP contribution in [0.15, 0.2) is 60.7 Å². The molecule has 0 bridgehead atoms. The van der Waals surface area contributed by atoms with Gasteiger partial charge in [-0.3, -0.25) is 14.6 Å². The lowest BCUT2D eigenvalue weighted by Gasteiger charge is -2.41. The highest BCUT2D eigenvalue weighted by molar-refractivity contribution is 5.36. The lowest BCUT2D eigenvalue weighted by atomic mass is 10.1. The maximum Gasteiger partial charge on any atom is 0.293 e. The molecule has 0 aromatic heterocycles. The summed E-state index contributed by atoms with van der Waals surface area (Å²) in [5.41, 5.74) is 2.68. The number of carbonyl (C=O) groups is 1. The number of rotatable bonds is 8. The van der Waals surface area contributed by atoms with Crippen molar-refractivity contribution < 1.29 is 9.53 Å². The van der Waals surface area contributed by atoms with Crippen LogP contribution in [0.4, 0.5) is 0 Å². The Bertz CT molecular complexity index is 633. The van der Waals surface area contributed by atoms with Gasteiger partial charge < -0.3 is 4.74 Å². The Morgan fingerprint density at radius 3 is 2.20 bits per heavy atom. The Kier molecular flexibility index (Phi) is 6.60. The first-order valence-electron chi connectivity index (χ1n) is 8.94. The van der Waals surface area contributed by atoms with Gasteiger partial charge in [-0.2, -0.15) is 0 Å². The van der Waals surface area contributed by atoms with E-state index in [1.54, 1.807) is 0 Å². The number of carbonyl (C=O) groups excluding carboxylic acids is 1. The summed E-state index contributed by atoms with van der Waals surface area (Å²) in [6.07, 6.45) is 0.872. The molecular weight excluding hydrogens is 312 g/mol. The van der Waals surface area contributed by atoms with E-state index in [2.05, 4.69) is 70.5 Å². The molecule has 25 heavy (non-hydrogen) atoms. The topological polar surface area (TPSA) is 32.8 Å². The molecule has 1 fully saturated rings. The molecule has 0 saturated carbocycles. The van der Waals surface area contributed by atoms with Gasteiger partial charge in [-0.05, 0) is 17.5 Å². The van der Waals surface area contributed by atoms with E-state index in [0.717, 1.165) is 39.1 Å². The predicted molar refractivity (Wildman–Crippen MR) is 99.0 cm³/mol. The fraction of sp³-hybridized carbons (Fsp3) is 0.381. The molecule has 1 aliphatic heterocycles. The molecule has 4 nitrogen and oxygen atoms in total. The highest BCUT2D eigenvalue weighted by atomic mass is 16.5. The molecule has 0 spiro atoms. The number of hydrogen-bond donors (Lipinski definition) is 0. The number of benzene rings is 2. The first kappa shape index (κ1) is 17.6. The number of ether oxygens (including phenoxy) is 1. The van der Waals surface area contributed by atoms with Gasteiger partial charge in [0.15, 0.2) is 0 Å². The Labute approximate surface area is 150 Å². The fourth-order valence-corrected chi connectivity index (χ4v) is 3.49. The zero-order valence-corrected chi connectivity index (χ0v) is 14.6. The molecule has 132 valence electrons. The van der Waals surface area contributed by atoms with Crippen molar-refractivity contribution in [2.45, 2.75) is 25.6 Å². The van der Waals surface area contributed by atoms with Gasteiger partial charge in [0.05, 0.1) is 6.61 Å². The summed E-state index contributed by atoms with van der Waals surface area (Å²) in [5, 5.41) is 0. The highest BCUT2D eigenvalue weighted by Gasteiger charge is 2.26. The summed E-state index contributed by atoms with van der Waals surface area (Å²) in [5.74, 6) is 0. The summed E-state index contributed by atoms with van der Waals surface area (Å²) < 4.78 is 4.96. The van der Waals surface area contributed by atoms with Crippen LogP contribution in [0.3, 0.4) is 0 Å². The average molecular weight is 338 g/mol. The van der Waals surface area contributed by atoms with E-state index >= 15 is 0 Å². The van der Waals surface area contributed by atoms with Crippen molar-refractivity contribution in [1.82, 2.24) is 9.80 Å². The van der Waals surface area contributed by atoms with Gasteiger partial charge in [0.1, 0.15) is 0 Å². The second kappa shape index (κ2) is 9.35. The third kappa shape index (κ3) is 5.41. The van der Waals surface area contributed by atoms with E-state index < -0.39 is 0 Å². The Balaban J connectivity index is 1.62. The number of piperazine rings is 1. The second-order valence-electron chi connectivity index (χ2n) is 6.59. The van der Waals surface area contributed by atoms with Crippen LogP contribution in [0.1, 0.15) is 17.5 Å². The van der Waals surface area contributed by atoms with E-state index in [1.165, 1.54) is 11.1 Å². The quantitative estimate of drug-likeness (QED) is 0.547. The molecule has 1 heterocycles. The van der Waals surface area contributed by atoms with Gasteiger partial charge in [0, 0.05) is 38.8 Å². The predicted octanol–water partition coefficient (Wildman–Crippen LogP) is 2.94. The molecule has 2 aromatic rings. The van der Waals surface area contributed by atoms with Crippen LogP contribution in [0.25, 0.3) is 0 Å².